The second kappa shape index (κ2) is 7.55. The van der Waals surface area contributed by atoms with Gasteiger partial charge in [0.25, 0.3) is 0 Å². The Hall–Kier alpha value is -2.46. The largest absolute Gasteiger partial charge is 0.331 e. The molecule has 0 unspecified atom stereocenters. The van der Waals surface area contributed by atoms with E-state index in [1.807, 2.05) is 0 Å². The monoisotopic (exact) mass is 431 g/mol. The molecule has 32 heavy (non-hydrogen) atoms. The highest BCUT2D eigenvalue weighted by Crippen LogP contribution is 2.71. The molecule has 0 aromatic heterocycles. The highest BCUT2D eigenvalue weighted by atomic mass is 16.2. The van der Waals surface area contributed by atoms with Crippen LogP contribution in [0.3, 0.4) is 0 Å². The van der Waals surface area contributed by atoms with Crippen LogP contribution in [0.2, 0.25) is 0 Å². The zero-order chi connectivity index (χ0) is 22.6. The Morgan fingerprint density at radius 3 is 1.84 bits per heavy atom. The van der Waals surface area contributed by atoms with Gasteiger partial charge in [-0.3, -0.25) is 9.59 Å². The molecule has 0 spiro atoms. The molecule has 4 nitrogen and oxygen atoms in total. The second-order valence-corrected chi connectivity index (χ2v) is 10.8. The van der Waals surface area contributed by atoms with Gasteiger partial charge >= 0.3 is 0 Å². The van der Waals surface area contributed by atoms with Gasteiger partial charge in [0.05, 0.1) is 31.6 Å². The molecular weight excluding hydrogens is 396 g/mol. The second-order valence-electron chi connectivity index (χ2n) is 10.8. The summed E-state index contributed by atoms with van der Waals surface area (Å²) in [6, 6.07) is 21.7. The number of amides is 1. The van der Waals surface area contributed by atoms with Crippen molar-refractivity contribution in [2.75, 3.05) is 26.2 Å². The topological polar surface area (TPSA) is 41.8 Å². The number of fused-ring (bicyclic) bond motifs is 2. The van der Waals surface area contributed by atoms with Crippen molar-refractivity contribution in [3.05, 3.63) is 71.8 Å². The third-order valence-electron chi connectivity index (χ3n) is 9.48. The van der Waals surface area contributed by atoms with Gasteiger partial charge in [0.1, 0.15) is 11.8 Å². The molecule has 2 aromatic carbocycles. The van der Waals surface area contributed by atoms with Gasteiger partial charge in [-0.15, -0.1) is 0 Å². The summed E-state index contributed by atoms with van der Waals surface area (Å²) in [5, 5.41) is 0. The number of quaternary nitrogens is 1. The normalized spacial score (nSPS) is 29.6. The molecule has 2 atom stereocenters. The van der Waals surface area contributed by atoms with E-state index in [4.69, 9.17) is 0 Å². The van der Waals surface area contributed by atoms with Crippen LogP contribution in [-0.4, -0.2) is 42.8 Å². The van der Waals surface area contributed by atoms with Crippen molar-refractivity contribution in [1.82, 2.24) is 4.90 Å². The molecule has 1 aliphatic heterocycles. The molecule has 1 amide bonds. The van der Waals surface area contributed by atoms with E-state index < -0.39 is 5.41 Å². The Balaban J connectivity index is 1.36. The van der Waals surface area contributed by atoms with Gasteiger partial charge in [-0.2, -0.15) is 0 Å². The van der Waals surface area contributed by atoms with Gasteiger partial charge in [0.2, 0.25) is 5.91 Å². The molecule has 3 aliphatic rings. The van der Waals surface area contributed by atoms with Crippen LogP contribution < -0.4 is 4.90 Å². The summed E-state index contributed by atoms with van der Waals surface area (Å²) in [7, 11) is 0. The molecule has 168 valence electrons. The summed E-state index contributed by atoms with van der Waals surface area (Å²) in [6.07, 6.45) is 2.13. The van der Waals surface area contributed by atoms with Crippen LogP contribution in [0, 0.1) is 16.2 Å². The lowest BCUT2D eigenvalue weighted by Gasteiger charge is -2.44. The number of Topliss-reactive ketones (excluding diaryl/α,β-unsaturated/α-hetero) is 1. The third kappa shape index (κ3) is 2.92. The maximum absolute atomic E-state index is 13.9. The summed E-state index contributed by atoms with van der Waals surface area (Å²) in [5.41, 5.74) is 1.52. The van der Waals surface area contributed by atoms with Gasteiger partial charge in [0.15, 0.2) is 0 Å². The van der Waals surface area contributed by atoms with Gasteiger partial charge < -0.3 is 9.80 Å². The van der Waals surface area contributed by atoms with E-state index in [1.54, 1.807) is 0 Å². The standard InChI is InChI=1S/C28H34N2O2/c1-26(2)27(3)14-15-28(26,20-23(27)31)25(32)30-18-16-29(17-19-30)24(21-10-6-4-7-11-21)22-12-8-5-9-13-22/h4-13,24H,14-20H2,1-3H3/p+1/t27-,28+/m0/s1. The predicted octanol–water partition coefficient (Wildman–Crippen LogP) is 3.29. The van der Waals surface area contributed by atoms with Crippen LogP contribution >= 0.6 is 0 Å². The molecular formula is C28H35N2O2+. The lowest BCUT2D eigenvalue weighted by molar-refractivity contribution is -0.929. The fourth-order valence-corrected chi connectivity index (χ4v) is 6.88. The molecule has 2 bridgehead atoms. The van der Waals surface area contributed by atoms with Crippen molar-refractivity contribution in [2.24, 2.45) is 16.2 Å². The minimum atomic E-state index is -0.505. The number of ketones is 1. The first-order valence-corrected chi connectivity index (χ1v) is 12.1. The quantitative estimate of drug-likeness (QED) is 0.807. The Morgan fingerprint density at radius 1 is 0.875 bits per heavy atom. The first kappa shape index (κ1) is 21.4. The zero-order valence-electron chi connectivity index (χ0n) is 19.6. The van der Waals surface area contributed by atoms with Crippen LogP contribution in [0.5, 0.6) is 0 Å². The van der Waals surface area contributed by atoms with Gasteiger partial charge in [-0.05, 0) is 18.3 Å². The molecule has 5 rings (SSSR count). The molecule has 0 radical (unpaired) electrons. The molecule has 1 N–H and O–H groups in total. The first-order valence-electron chi connectivity index (χ1n) is 12.1. The summed E-state index contributed by atoms with van der Waals surface area (Å²) in [4.78, 5) is 30.3. The van der Waals surface area contributed by atoms with Gasteiger partial charge in [-0.1, -0.05) is 81.4 Å². The predicted molar refractivity (Wildman–Crippen MR) is 125 cm³/mol. The maximum Gasteiger partial charge on any atom is 0.230 e. The van der Waals surface area contributed by atoms with E-state index in [2.05, 4.69) is 86.3 Å². The lowest BCUT2D eigenvalue weighted by Crippen LogP contribution is -3.15. The smallest absolute Gasteiger partial charge is 0.230 e. The number of nitrogens with one attached hydrogen (secondary N) is 1. The minimum absolute atomic E-state index is 0.229. The van der Waals surface area contributed by atoms with E-state index in [-0.39, 0.29) is 22.8 Å². The third-order valence-corrected chi connectivity index (χ3v) is 9.48. The lowest BCUT2D eigenvalue weighted by atomic mass is 9.64. The summed E-state index contributed by atoms with van der Waals surface area (Å²) in [5.74, 6) is 0.520. The Kier molecular flexibility index (Phi) is 5.05. The number of hydrogen-bond acceptors (Lipinski definition) is 2. The van der Waals surface area contributed by atoms with Crippen molar-refractivity contribution in [3.63, 3.8) is 0 Å². The van der Waals surface area contributed by atoms with Crippen molar-refractivity contribution >= 4 is 11.7 Å². The molecule has 1 heterocycles. The van der Waals surface area contributed by atoms with Crippen molar-refractivity contribution in [1.29, 1.82) is 0 Å². The van der Waals surface area contributed by atoms with E-state index in [0.29, 0.717) is 12.2 Å². The summed E-state index contributed by atoms with van der Waals surface area (Å²) in [6.45, 7) is 9.75. The number of rotatable bonds is 4. The van der Waals surface area contributed by atoms with Gasteiger partial charge in [0, 0.05) is 23.0 Å². The van der Waals surface area contributed by atoms with Crippen LogP contribution in [0.15, 0.2) is 60.7 Å². The van der Waals surface area contributed by atoms with Crippen molar-refractivity contribution in [3.8, 4) is 0 Å². The first-order chi connectivity index (χ1) is 15.3. The number of benzene rings is 2. The van der Waals surface area contributed by atoms with Crippen LogP contribution in [0.4, 0.5) is 0 Å². The zero-order valence-corrected chi connectivity index (χ0v) is 19.6. The fourth-order valence-electron chi connectivity index (χ4n) is 6.88. The van der Waals surface area contributed by atoms with Crippen molar-refractivity contribution in [2.45, 2.75) is 46.1 Å². The number of carbonyl (C=O) groups excluding carboxylic acids is 2. The molecule has 2 aromatic rings. The van der Waals surface area contributed by atoms with Crippen molar-refractivity contribution < 1.29 is 14.5 Å². The minimum Gasteiger partial charge on any atom is -0.331 e. The highest BCUT2D eigenvalue weighted by Gasteiger charge is 2.73. The van der Waals surface area contributed by atoms with E-state index in [0.717, 1.165) is 39.0 Å². The Bertz CT molecular complexity index is 971. The number of piperazine rings is 1. The van der Waals surface area contributed by atoms with E-state index in [1.165, 1.54) is 16.0 Å². The molecule has 4 heteroatoms. The molecule has 2 aliphatic carbocycles. The molecule has 3 fully saturated rings. The van der Waals surface area contributed by atoms with Crippen LogP contribution in [0.25, 0.3) is 0 Å². The average molecular weight is 432 g/mol. The van der Waals surface area contributed by atoms with Crippen LogP contribution in [0.1, 0.15) is 57.2 Å². The SMILES string of the molecule is CC1(C)[C@]2(C(=O)N3CC[NH+](C(c4ccccc4)c4ccccc4)CC3)CC[C@@]1(C)C(=O)C2. The van der Waals surface area contributed by atoms with E-state index in [9.17, 15) is 9.59 Å². The Morgan fingerprint density at radius 2 is 1.41 bits per heavy atom. The molecule has 1 saturated heterocycles. The number of carbonyl (C=O) groups is 2. The number of hydrogen-bond donors (Lipinski definition) is 1. The summed E-state index contributed by atoms with van der Waals surface area (Å²) < 4.78 is 0. The maximum atomic E-state index is 13.9. The van der Waals surface area contributed by atoms with Crippen LogP contribution in [-0.2, 0) is 9.59 Å². The summed E-state index contributed by atoms with van der Waals surface area (Å²) >= 11 is 0. The number of nitrogens with zero attached hydrogens (tertiary/aromatic N) is 1. The molecule has 2 saturated carbocycles. The average Bonchev–Trinajstić information content (AvgIpc) is 3.11. The fraction of sp³-hybridized carbons (Fsp3) is 0.500. The highest BCUT2D eigenvalue weighted by molar-refractivity contribution is 5.99. The van der Waals surface area contributed by atoms with Gasteiger partial charge in [-0.25, -0.2) is 0 Å². The van der Waals surface area contributed by atoms with E-state index >= 15 is 0 Å². The Labute approximate surface area is 191 Å².